The van der Waals surface area contributed by atoms with Crippen molar-refractivity contribution in [2.75, 3.05) is 0 Å². The summed E-state index contributed by atoms with van der Waals surface area (Å²) in [6.07, 6.45) is 1.60. The summed E-state index contributed by atoms with van der Waals surface area (Å²) in [5.41, 5.74) is 2.60. The van der Waals surface area contributed by atoms with Crippen molar-refractivity contribution >= 4 is 17.6 Å². The van der Waals surface area contributed by atoms with Gasteiger partial charge in [-0.1, -0.05) is 23.7 Å². The van der Waals surface area contributed by atoms with Crippen molar-refractivity contribution < 1.29 is 9.90 Å². The van der Waals surface area contributed by atoms with Gasteiger partial charge < -0.3 is 10.1 Å². The van der Waals surface area contributed by atoms with Gasteiger partial charge in [0.05, 0.1) is 0 Å². The topological polar surface area (TPSA) is 53.1 Å². The number of hydrogen-bond acceptors (Lipinski definition) is 1. The van der Waals surface area contributed by atoms with Gasteiger partial charge in [-0.25, -0.2) is 4.79 Å². The first-order chi connectivity index (χ1) is 7.59. The number of carboxylic acids is 1. The molecule has 1 aromatic carbocycles. The monoisotopic (exact) mass is 235 g/mol. The molecular formula is C12H10ClNO2. The first-order valence-corrected chi connectivity index (χ1v) is 5.14. The molecule has 2 N–H and O–H groups in total. The van der Waals surface area contributed by atoms with E-state index in [-0.39, 0.29) is 5.69 Å². The average Bonchev–Trinajstić information content (AvgIpc) is 2.71. The summed E-state index contributed by atoms with van der Waals surface area (Å²) in [4.78, 5) is 13.6. The first-order valence-electron chi connectivity index (χ1n) is 4.77. The van der Waals surface area contributed by atoms with Crippen LogP contribution in [0.1, 0.15) is 16.1 Å². The van der Waals surface area contributed by atoms with Crippen molar-refractivity contribution in [3.05, 3.63) is 46.7 Å². The van der Waals surface area contributed by atoms with Crippen LogP contribution in [0, 0.1) is 6.92 Å². The van der Waals surface area contributed by atoms with E-state index in [1.807, 2.05) is 19.1 Å². The van der Waals surface area contributed by atoms with Crippen LogP contribution >= 0.6 is 11.6 Å². The van der Waals surface area contributed by atoms with E-state index in [0.717, 1.165) is 11.1 Å². The number of carboxylic acid groups (broad SMARTS) is 1. The molecule has 16 heavy (non-hydrogen) atoms. The van der Waals surface area contributed by atoms with E-state index in [1.54, 1.807) is 18.3 Å². The number of nitrogens with one attached hydrogen (secondary N) is 1. The number of H-pyrrole nitrogens is 1. The maximum atomic E-state index is 10.9. The zero-order valence-corrected chi connectivity index (χ0v) is 9.38. The van der Waals surface area contributed by atoms with E-state index in [1.165, 1.54) is 0 Å². The third-order valence-electron chi connectivity index (χ3n) is 2.44. The van der Waals surface area contributed by atoms with Crippen LogP contribution in [0.5, 0.6) is 0 Å². The number of aromatic nitrogens is 1. The normalized spacial score (nSPS) is 10.4. The minimum Gasteiger partial charge on any atom is -0.477 e. The highest BCUT2D eigenvalue weighted by Gasteiger charge is 2.13. The number of carbonyl (C=O) groups is 1. The zero-order valence-electron chi connectivity index (χ0n) is 8.62. The summed E-state index contributed by atoms with van der Waals surface area (Å²) in [6, 6.07) is 7.23. The Morgan fingerprint density at radius 2 is 2.12 bits per heavy atom. The van der Waals surface area contributed by atoms with Gasteiger partial charge in [-0.05, 0) is 30.2 Å². The standard InChI is InChI=1S/C12H10ClNO2/c1-7-2-3-8(6-10(7)13)9-4-5-14-11(9)12(15)16/h2-6,14H,1H3,(H,15,16). The van der Waals surface area contributed by atoms with Crippen molar-refractivity contribution in [1.82, 2.24) is 4.98 Å². The Kier molecular flexibility index (Phi) is 2.71. The summed E-state index contributed by atoms with van der Waals surface area (Å²) < 4.78 is 0. The Labute approximate surface area is 97.7 Å². The summed E-state index contributed by atoms with van der Waals surface area (Å²) >= 11 is 6.01. The van der Waals surface area contributed by atoms with E-state index in [2.05, 4.69) is 4.98 Å². The molecule has 0 saturated heterocycles. The summed E-state index contributed by atoms with van der Waals surface area (Å²) in [6.45, 7) is 1.90. The summed E-state index contributed by atoms with van der Waals surface area (Å²) in [7, 11) is 0. The van der Waals surface area contributed by atoms with E-state index in [0.29, 0.717) is 10.6 Å². The fourth-order valence-corrected chi connectivity index (χ4v) is 1.73. The molecule has 1 heterocycles. The molecule has 82 valence electrons. The van der Waals surface area contributed by atoms with Crippen LogP contribution in [-0.2, 0) is 0 Å². The van der Waals surface area contributed by atoms with Gasteiger partial charge >= 0.3 is 5.97 Å². The lowest BCUT2D eigenvalue weighted by Gasteiger charge is -2.03. The molecule has 0 aliphatic rings. The highest BCUT2D eigenvalue weighted by atomic mass is 35.5. The van der Waals surface area contributed by atoms with E-state index < -0.39 is 5.97 Å². The molecule has 0 bridgehead atoms. The van der Waals surface area contributed by atoms with Crippen molar-refractivity contribution in [1.29, 1.82) is 0 Å². The molecular weight excluding hydrogens is 226 g/mol. The molecule has 0 fully saturated rings. The number of halogens is 1. The van der Waals surface area contributed by atoms with Crippen LogP contribution in [0.15, 0.2) is 30.5 Å². The second kappa shape index (κ2) is 4.02. The van der Waals surface area contributed by atoms with E-state index in [4.69, 9.17) is 16.7 Å². The Morgan fingerprint density at radius 1 is 1.38 bits per heavy atom. The average molecular weight is 236 g/mol. The van der Waals surface area contributed by atoms with Crippen LogP contribution < -0.4 is 0 Å². The van der Waals surface area contributed by atoms with Crippen LogP contribution in [0.4, 0.5) is 0 Å². The first kappa shape index (κ1) is 10.8. The molecule has 2 rings (SSSR count). The fraction of sp³-hybridized carbons (Fsp3) is 0.0833. The maximum absolute atomic E-state index is 10.9. The largest absolute Gasteiger partial charge is 0.477 e. The van der Waals surface area contributed by atoms with Crippen LogP contribution in [0.2, 0.25) is 5.02 Å². The fourth-order valence-electron chi connectivity index (χ4n) is 1.55. The van der Waals surface area contributed by atoms with Gasteiger partial charge in [0.2, 0.25) is 0 Å². The molecule has 3 nitrogen and oxygen atoms in total. The number of aromatic carboxylic acids is 1. The number of aryl methyl sites for hydroxylation is 1. The van der Waals surface area contributed by atoms with Crippen molar-refractivity contribution in [3.63, 3.8) is 0 Å². The molecule has 0 spiro atoms. The van der Waals surface area contributed by atoms with Gasteiger partial charge in [0.25, 0.3) is 0 Å². The van der Waals surface area contributed by atoms with E-state index in [9.17, 15) is 4.79 Å². The summed E-state index contributed by atoms with van der Waals surface area (Å²) in [5, 5.41) is 9.61. The number of rotatable bonds is 2. The van der Waals surface area contributed by atoms with Gasteiger partial charge in [-0.2, -0.15) is 0 Å². The quantitative estimate of drug-likeness (QED) is 0.839. The highest BCUT2D eigenvalue weighted by Crippen LogP contribution is 2.27. The molecule has 0 amide bonds. The van der Waals surface area contributed by atoms with Gasteiger partial charge in [0.1, 0.15) is 5.69 Å². The lowest BCUT2D eigenvalue weighted by atomic mass is 10.0. The Bertz CT molecular complexity index is 546. The SMILES string of the molecule is Cc1ccc(-c2cc[nH]c2C(=O)O)cc1Cl. The number of benzene rings is 1. The lowest BCUT2D eigenvalue weighted by Crippen LogP contribution is -1.98. The minimum atomic E-state index is -0.975. The van der Waals surface area contributed by atoms with Crippen LogP contribution in [-0.4, -0.2) is 16.1 Å². The molecule has 0 saturated carbocycles. The molecule has 0 unspecified atom stereocenters. The third-order valence-corrected chi connectivity index (χ3v) is 2.85. The second-order valence-corrected chi connectivity index (χ2v) is 3.94. The summed E-state index contributed by atoms with van der Waals surface area (Å²) in [5.74, 6) is -0.975. The van der Waals surface area contributed by atoms with Crippen molar-refractivity contribution in [2.24, 2.45) is 0 Å². The third kappa shape index (κ3) is 1.82. The van der Waals surface area contributed by atoms with Gasteiger partial charge in [0, 0.05) is 16.8 Å². The van der Waals surface area contributed by atoms with Gasteiger partial charge in [-0.3, -0.25) is 0 Å². The molecule has 0 aliphatic heterocycles. The minimum absolute atomic E-state index is 0.180. The molecule has 4 heteroatoms. The Morgan fingerprint density at radius 3 is 2.75 bits per heavy atom. The predicted octanol–water partition coefficient (Wildman–Crippen LogP) is 3.34. The second-order valence-electron chi connectivity index (χ2n) is 3.54. The van der Waals surface area contributed by atoms with Crippen LogP contribution in [0.25, 0.3) is 11.1 Å². The van der Waals surface area contributed by atoms with Crippen molar-refractivity contribution in [2.45, 2.75) is 6.92 Å². The zero-order chi connectivity index (χ0) is 11.7. The highest BCUT2D eigenvalue weighted by molar-refractivity contribution is 6.31. The molecule has 2 aromatic rings. The smallest absolute Gasteiger partial charge is 0.352 e. The molecule has 1 aromatic heterocycles. The van der Waals surface area contributed by atoms with Crippen LogP contribution in [0.3, 0.4) is 0 Å². The molecule has 0 radical (unpaired) electrons. The number of aromatic amines is 1. The molecule has 0 aliphatic carbocycles. The maximum Gasteiger partial charge on any atom is 0.352 e. The van der Waals surface area contributed by atoms with E-state index >= 15 is 0 Å². The van der Waals surface area contributed by atoms with Gasteiger partial charge in [0.15, 0.2) is 0 Å². The van der Waals surface area contributed by atoms with Gasteiger partial charge in [-0.15, -0.1) is 0 Å². The Hall–Kier alpha value is -1.74. The predicted molar refractivity (Wildman–Crippen MR) is 62.9 cm³/mol. The lowest BCUT2D eigenvalue weighted by molar-refractivity contribution is 0.0692. The number of hydrogen-bond donors (Lipinski definition) is 2. The Balaban J connectivity index is 2.54. The van der Waals surface area contributed by atoms with Crippen molar-refractivity contribution in [3.8, 4) is 11.1 Å². The molecule has 0 atom stereocenters.